The highest BCUT2D eigenvalue weighted by Gasteiger charge is 2.34. The third-order valence-electron chi connectivity index (χ3n) is 4.41. The van der Waals surface area contributed by atoms with Crippen molar-refractivity contribution in [1.82, 2.24) is 9.78 Å². The number of alkyl halides is 3. The summed E-state index contributed by atoms with van der Waals surface area (Å²) in [6, 6.07) is 3.03. The van der Waals surface area contributed by atoms with Crippen LogP contribution in [-0.2, 0) is 25.2 Å². The van der Waals surface area contributed by atoms with Gasteiger partial charge in [0.2, 0.25) is 0 Å². The van der Waals surface area contributed by atoms with Crippen molar-refractivity contribution < 1.29 is 32.2 Å². The Morgan fingerprint density at radius 3 is 2.32 bits per heavy atom. The predicted octanol–water partition coefficient (Wildman–Crippen LogP) is 3.69. The molecule has 0 unspecified atom stereocenters. The van der Waals surface area contributed by atoms with E-state index in [4.69, 9.17) is 9.47 Å². The van der Waals surface area contributed by atoms with E-state index >= 15 is 0 Å². The number of hydrogen-bond donors (Lipinski definition) is 0. The van der Waals surface area contributed by atoms with E-state index in [0.717, 1.165) is 36.8 Å². The molecule has 0 atom stereocenters. The normalized spacial score (nSPS) is 13.9. The number of aryl methyl sites for hydroxylation is 1. The summed E-state index contributed by atoms with van der Waals surface area (Å²) in [6.45, 7) is 1.78. The van der Waals surface area contributed by atoms with Gasteiger partial charge in [0, 0.05) is 12.4 Å². The van der Waals surface area contributed by atoms with Crippen molar-refractivity contribution in [3.05, 3.63) is 77.4 Å². The maximum absolute atomic E-state index is 13.5. The van der Waals surface area contributed by atoms with Gasteiger partial charge in [-0.2, -0.15) is 18.3 Å². The number of carbonyl (C=O) groups excluding carboxylic acids is 2. The zero-order valence-electron chi connectivity index (χ0n) is 16.8. The van der Waals surface area contributed by atoms with E-state index in [1.54, 1.807) is 13.1 Å². The third kappa shape index (κ3) is 4.37. The van der Waals surface area contributed by atoms with Crippen molar-refractivity contribution in [2.24, 2.45) is 0 Å². The number of anilines is 1. The second kappa shape index (κ2) is 8.50. The van der Waals surface area contributed by atoms with Gasteiger partial charge in [-0.1, -0.05) is 6.08 Å². The molecule has 1 aliphatic rings. The summed E-state index contributed by atoms with van der Waals surface area (Å²) in [6.07, 6.45) is 4.13. The summed E-state index contributed by atoms with van der Waals surface area (Å²) in [5.41, 5.74) is -0.441. The molecule has 0 fully saturated rings. The van der Waals surface area contributed by atoms with E-state index in [2.05, 4.69) is 5.10 Å². The molecule has 7 nitrogen and oxygen atoms in total. The fourth-order valence-electron chi connectivity index (χ4n) is 2.98. The standard InChI is InChI=1S/C21H18F3N3O4/c1-13-11-25-27(12-13)16-8-7-14(21(22,23)24)10-17(16)26-9-5-4-6-15(19(28)30-2)18(26)20(29)31-3/h4-12H,1-3H3. The molecule has 0 amide bonds. The first-order chi connectivity index (χ1) is 14.7. The van der Waals surface area contributed by atoms with Crippen LogP contribution in [0.25, 0.3) is 5.69 Å². The van der Waals surface area contributed by atoms with Crippen LogP contribution >= 0.6 is 0 Å². The number of methoxy groups -OCH3 is 2. The fourth-order valence-corrected chi connectivity index (χ4v) is 2.98. The van der Waals surface area contributed by atoms with Crippen LogP contribution in [0.3, 0.4) is 0 Å². The minimum absolute atomic E-state index is 0.0420. The highest BCUT2D eigenvalue weighted by Crippen LogP contribution is 2.37. The summed E-state index contributed by atoms with van der Waals surface area (Å²) in [5.74, 6) is -1.79. The van der Waals surface area contributed by atoms with Crippen LogP contribution in [0.15, 0.2) is 66.3 Å². The zero-order chi connectivity index (χ0) is 22.8. The van der Waals surface area contributed by atoms with Gasteiger partial charge in [0.15, 0.2) is 0 Å². The largest absolute Gasteiger partial charge is 0.465 e. The Labute approximate surface area is 175 Å². The zero-order valence-corrected chi connectivity index (χ0v) is 16.8. The van der Waals surface area contributed by atoms with Gasteiger partial charge in [-0.05, 0) is 42.8 Å². The number of hydrogen-bond acceptors (Lipinski definition) is 6. The molecule has 0 N–H and O–H groups in total. The molecule has 0 radical (unpaired) electrons. The van der Waals surface area contributed by atoms with Crippen molar-refractivity contribution in [1.29, 1.82) is 0 Å². The average Bonchev–Trinajstić information content (AvgIpc) is 3.05. The fraction of sp³-hybridized carbons (Fsp3) is 0.190. The maximum atomic E-state index is 13.5. The molecule has 31 heavy (non-hydrogen) atoms. The van der Waals surface area contributed by atoms with Crippen molar-refractivity contribution >= 4 is 17.6 Å². The van der Waals surface area contributed by atoms with Gasteiger partial charge in [0.1, 0.15) is 5.70 Å². The van der Waals surface area contributed by atoms with Crippen LogP contribution in [0.5, 0.6) is 0 Å². The topological polar surface area (TPSA) is 73.7 Å². The van der Waals surface area contributed by atoms with Crippen LogP contribution < -0.4 is 4.90 Å². The lowest BCUT2D eigenvalue weighted by Gasteiger charge is -2.26. The Bertz CT molecular complexity index is 1110. The Morgan fingerprint density at radius 2 is 1.74 bits per heavy atom. The number of allylic oxidation sites excluding steroid dienone is 2. The number of carbonyl (C=O) groups is 2. The lowest BCUT2D eigenvalue weighted by molar-refractivity contribution is -0.139. The number of rotatable bonds is 4. The molecule has 1 aromatic heterocycles. The van der Waals surface area contributed by atoms with Gasteiger partial charge in [-0.15, -0.1) is 0 Å². The van der Waals surface area contributed by atoms with Crippen LogP contribution in [0.1, 0.15) is 11.1 Å². The van der Waals surface area contributed by atoms with Gasteiger partial charge >= 0.3 is 18.1 Å². The minimum Gasteiger partial charge on any atom is -0.465 e. The summed E-state index contributed by atoms with van der Waals surface area (Å²) >= 11 is 0. The van der Waals surface area contributed by atoms with Gasteiger partial charge < -0.3 is 14.4 Å². The molecular formula is C21H18F3N3O4. The van der Waals surface area contributed by atoms with E-state index in [-0.39, 0.29) is 22.6 Å². The van der Waals surface area contributed by atoms with E-state index in [1.165, 1.54) is 41.4 Å². The molecule has 2 aromatic rings. The van der Waals surface area contributed by atoms with Gasteiger partial charge in [0.05, 0.1) is 42.9 Å². The lowest BCUT2D eigenvalue weighted by Crippen LogP contribution is -2.28. The van der Waals surface area contributed by atoms with E-state index < -0.39 is 23.7 Å². The molecule has 0 aliphatic carbocycles. The van der Waals surface area contributed by atoms with E-state index in [0.29, 0.717) is 0 Å². The van der Waals surface area contributed by atoms with Crippen LogP contribution in [0.2, 0.25) is 0 Å². The molecule has 3 rings (SSSR count). The monoisotopic (exact) mass is 433 g/mol. The molecule has 1 aromatic carbocycles. The molecule has 0 saturated carbocycles. The van der Waals surface area contributed by atoms with Crippen LogP contribution in [0, 0.1) is 6.92 Å². The first-order valence-electron chi connectivity index (χ1n) is 8.95. The van der Waals surface area contributed by atoms with Crippen molar-refractivity contribution in [3.8, 4) is 5.69 Å². The summed E-state index contributed by atoms with van der Waals surface area (Å²) in [5, 5.41) is 4.16. The molecular weight excluding hydrogens is 415 g/mol. The molecule has 2 heterocycles. The maximum Gasteiger partial charge on any atom is 0.416 e. The molecule has 1 aliphatic heterocycles. The third-order valence-corrected chi connectivity index (χ3v) is 4.41. The molecule has 0 spiro atoms. The molecule has 10 heteroatoms. The number of aromatic nitrogens is 2. The summed E-state index contributed by atoms with van der Waals surface area (Å²) in [4.78, 5) is 26.1. The summed E-state index contributed by atoms with van der Waals surface area (Å²) in [7, 11) is 2.23. The smallest absolute Gasteiger partial charge is 0.416 e. The lowest BCUT2D eigenvalue weighted by atomic mass is 10.1. The van der Waals surface area contributed by atoms with E-state index in [9.17, 15) is 22.8 Å². The number of esters is 2. The highest BCUT2D eigenvalue weighted by atomic mass is 19.4. The van der Waals surface area contributed by atoms with Gasteiger partial charge in [0.25, 0.3) is 0 Å². The Kier molecular flexibility index (Phi) is 6.00. The van der Waals surface area contributed by atoms with Crippen molar-refractivity contribution in [3.63, 3.8) is 0 Å². The Morgan fingerprint density at radius 1 is 1.03 bits per heavy atom. The van der Waals surface area contributed by atoms with Crippen molar-refractivity contribution in [2.45, 2.75) is 13.1 Å². The van der Waals surface area contributed by atoms with Gasteiger partial charge in [-0.25, -0.2) is 14.3 Å². The first-order valence-corrected chi connectivity index (χ1v) is 8.95. The Balaban J connectivity index is 2.33. The highest BCUT2D eigenvalue weighted by molar-refractivity contribution is 6.05. The van der Waals surface area contributed by atoms with Crippen molar-refractivity contribution in [2.75, 3.05) is 19.1 Å². The molecule has 0 saturated heterocycles. The summed E-state index contributed by atoms with van der Waals surface area (Å²) < 4.78 is 51.4. The SMILES string of the molecule is COC(=O)C1=C(C(=O)OC)N(c2cc(C(F)(F)F)ccc2-n2cc(C)cn2)C=CC=C1. The predicted molar refractivity (Wildman–Crippen MR) is 105 cm³/mol. The second-order valence-electron chi connectivity index (χ2n) is 6.48. The number of halogens is 3. The van der Waals surface area contributed by atoms with Gasteiger partial charge in [-0.3, -0.25) is 0 Å². The van der Waals surface area contributed by atoms with E-state index in [1.807, 2.05) is 0 Å². The number of nitrogens with zero attached hydrogens (tertiary/aromatic N) is 3. The molecule has 0 bridgehead atoms. The molecule has 162 valence electrons. The first kappa shape index (κ1) is 21.9. The Hall–Kier alpha value is -3.82. The number of benzene rings is 1. The quantitative estimate of drug-likeness (QED) is 0.685. The average molecular weight is 433 g/mol. The van der Waals surface area contributed by atoms with Crippen LogP contribution in [0.4, 0.5) is 18.9 Å². The van der Waals surface area contributed by atoms with Crippen LogP contribution in [-0.4, -0.2) is 35.9 Å². The number of ether oxygens (including phenoxy) is 2. The minimum atomic E-state index is -4.64. The second-order valence-corrected chi connectivity index (χ2v) is 6.48.